The zero-order valence-corrected chi connectivity index (χ0v) is 21.7. The topological polar surface area (TPSA) is 40.6 Å². The van der Waals surface area contributed by atoms with Crippen LogP contribution in [0.15, 0.2) is 48.6 Å². The van der Waals surface area contributed by atoms with Gasteiger partial charge in [-0.25, -0.2) is 0 Å². The van der Waals surface area contributed by atoms with Crippen molar-refractivity contribution >= 4 is 70.1 Å². The van der Waals surface area contributed by atoms with Crippen LogP contribution in [0.5, 0.6) is 0 Å². The van der Waals surface area contributed by atoms with E-state index in [9.17, 15) is 9.59 Å². The van der Waals surface area contributed by atoms with Crippen LogP contribution in [0.4, 0.5) is 0 Å². The van der Waals surface area contributed by atoms with Crippen LogP contribution in [0.25, 0.3) is 12.2 Å². The van der Waals surface area contributed by atoms with Crippen LogP contribution >= 0.6 is 46.4 Å². The smallest absolute Gasteiger partial charge is 0.156 e. The monoisotopic (exact) mass is 538 g/mol. The molecule has 0 aliphatic carbocycles. The number of benzene rings is 2. The van der Waals surface area contributed by atoms with Gasteiger partial charge in [-0.1, -0.05) is 70.7 Å². The average molecular weight is 540 g/mol. The van der Waals surface area contributed by atoms with Crippen molar-refractivity contribution in [2.24, 2.45) is 0 Å². The van der Waals surface area contributed by atoms with Gasteiger partial charge in [-0.3, -0.25) is 9.59 Å². The minimum Gasteiger partial charge on any atom is -0.300 e. The van der Waals surface area contributed by atoms with Gasteiger partial charge < -0.3 is 9.80 Å². The van der Waals surface area contributed by atoms with Gasteiger partial charge in [0.25, 0.3) is 0 Å². The third-order valence-electron chi connectivity index (χ3n) is 5.62. The lowest BCUT2D eigenvalue weighted by atomic mass is 10.1. The van der Waals surface area contributed by atoms with Gasteiger partial charge in [0.15, 0.2) is 11.6 Å². The van der Waals surface area contributed by atoms with E-state index < -0.39 is 0 Å². The molecule has 4 nitrogen and oxygen atoms in total. The van der Waals surface area contributed by atoms with Crippen LogP contribution in [-0.4, -0.2) is 60.6 Å². The second-order valence-electron chi connectivity index (χ2n) is 8.13. The number of hydrogen-bond acceptors (Lipinski definition) is 4. The van der Waals surface area contributed by atoms with Crippen molar-refractivity contribution in [1.82, 2.24) is 9.80 Å². The van der Waals surface area contributed by atoms with Gasteiger partial charge in [0.2, 0.25) is 0 Å². The van der Waals surface area contributed by atoms with Crippen molar-refractivity contribution in [2.45, 2.75) is 12.8 Å². The normalized spacial score (nSPS) is 15.4. The molecule has 0 atom stereocenters. The third-order valence-corrected chi connectivity index (χ3v) is 7.10. The number of allylic oxidation sites excluding steroid dienone is 2. The number of carbonyl (C=O) groups excluding carboxylic acids is 2. The molecule has 0 bridgehead atoms. The van der Waals surface area contributed by atoms with Gasteiger partial charge in [-0.2, -0.15) is 0 Å². The molecule has 1 heterocycles. The SMILES string of the molecule is O=C(/C=C\c1ccc(Cl)c(Cl)c1)CCN1CCN(CCC(=O)/C=C/c2ccc(Cl)c(Cl)c2)CC1. The van der Waals surface area contributed by atoms with Gasteiger partial charge in [-0.15, -0.1) is 0 Å². The molecule has 3 rings (SSSR count). The molecule has 2 aromatic rings. The Kier molecular flexibility index (Phi) is 10.6. The Bertz CT molecular complexity index is 991. The molecule has 0 unspecified atom stereocenters. The zero-order chi connectivity index (χ0) is 24.5. The lowest BCUT2D eigenvalue weighted by molar-refractivity contribution is -0.116. The summed E-state index contributed by atoms with van der Waals surface area (Å²) >= 11 is 23.8. The molecule has 1 saturated heterocycles. The average Bonchev–Trinajstić information content (AvgIpc) is 2.83. The first kappa shape index (κ1) is 26.9. The van der Waals surface area contributed by atoms with E-state index in [2.05, 4.69) is 9.80 Å². The van der Waals surface area contributed by atoms with Crippen molar-refractivity contribution in [3.05, 3.63) is 79.8 Å². The quantitative estimate of drug-likeness (QED) is 0.320. The van der Waals surface area contributed by atoms with E-state index >= 15 is 0 Å². The van der Waals surface area contributed by atoms with Gasteiger partial charge in [0.05, 0.1) is 20.1 Å². The molecule has 0 radical (unpaired) electrons. The van der Waals surface area contributed by atoms with Crippen LogP contribution in [0.1, 0.15) is 24.0 Å². The predicted molar refractivity (Wildman–Crippen MR) is 143 cm³/mol. The second kappa shape index (κ2) is 13.4. The summed E-state index contributed by atoms with van der Waals surface area (Å²) in [6, 6.07) is 10.6. The number of carbonyl (C=O) groups is 2. The highest BCUT2D eigenvalue weighted by Gasteiger charge is 2.17. The zero-order valence-electron chi connectivity index (χ0n) is 18.7. The summed E-state index contributed by atoms with van der Waals surface area (Å²) in [5, 5.41) is 1.93. The van der Waals surface area contributed by atoms with Gasteiger partial charge in [-0.05, 0) is 47.5 Å². The van der Waals surface area contributed by atoms with E-state index in [1.54, 1.807) is 48.6 Å². The number of piperazine rings is 1. The van der Waals surface area contributed by atoms with E-state index in [4.69, 9.17) is 46.4 Å². The first-order chi connectivity index (χ1) is 16.3. The minimum atomic E-state index is 0.0767. The Morgan fingerprint density at radius 3 is 1.38 bits per heavy atom. The molecule has 180 valence electrons. The maximum Gasteiger partial charge on any atom is 0.156 e. The molecule has 0 saturated carbocycles. The molecule has 2 aromatic carbocycles. The summed E-state index contributed by atoms with van der Waals surface area (Å²) in [5.41, 5.74) is 1.69. The summed E-state index contributed by atoms with van der Waals surface area (Å²) in [7, 11) is 0. The van der Waals surface area contributed by atoms with E-state index in [0.29, 0.717) is 32.9 Å². The lowest BCUT2D eigenvalue weighted by Crippen LogP contribution is -2.47. The fraction of sp³-hybridized carbons (Fsp3) is 0.308. The molecule has 0 N–H and O–H groups in total. The number of nitrogens with zero attached hydrogens (tertiary/aromatic N) is 2. The third kappa shape index (κ3) is 8.84. The maximum atomic E-state index is 12.2. The molecule has 1 fully saturated rings. The highest BCUT2D eigenvalue weighted by atomic mass is 35.5. The fourth-order valence-corrected chi connectivity index (χ4v) is 4.16. The Morgan fingerprint density at radius 2 is 1.03 bits per heavy atom. The highest BCUT2D eigenvalue weighted by molar-refractivity contribution is 6.42. The van der Waals surface area contributed by atoms with Crippen molar-refractivity contribution < 1.29 is 9.59 Å². The number of rotatable bonds is 10. The first-order valence-electron chi connectivity index (χ1n) is 11.1. The van der Waals surface area contributed by atoms with Crippen molar-refractivity contribution in [3.63, 3.8) is 0 Å². The maximum absolute atomic E-state index is 12.2. The van der Waals surface area contributed by atoms with Gasteiger partial charge >= 0.3 is 0 Å². The van der Waals surface area contributed by atoms with Gasteiger partial charge in [0, 0.05) is 52.1 Å². The van der Waals surface area contributed by atoms with E-state index in [1.165, 1.54) is 0 Å². The molecule has 0 spiro atoms. The van der Waals surface area contributed by atoms with Crippen molar-refractivity contribution in [1.29, 1.82) is 0 Å². The summed E-state index contributed by atoms with van der Waals surface area (Å²) in [6.45, 7) is 5.00. The Labute approximate surface area is 220 Å². The minimum absolute atomic E-state index is 0.0767. The molecule has 1 aliphatic rings. The fourth-order valence-electron chi connectivity index (χ4n) is 3.55. The molecule has 1 aliphatic heterocycles. The lowest BCUT2D eigenvalue weighted by Gasteiger charge is -2.34. The predicted octanol–water partition coefficient (Wildman–Crippen LogP) is 6.56. The molecular formula is C26H26Cl4N2O2. The van der Waals surface area contributed by atoms with Crippen LogP contribution in [-0.2, 0) is 9.59 Å². The standard InChI is InChI=1S/C26H26Cl4N2O2/c27-23-7-3-19(17-25(23)29)1-5-21(33)9-11-31-13-15-32(16-14-31)12-10-22(34)6-2-20-4-8-24(28)26(30)18-20/h1-8,17-18H,9-16H2/b5-1-,6-2+. The molecule has 0 aromatic heterocycles. The van der Waals surface area contributed by atoms with Crippen molar-refractivity contribution in [3.8, 4) is 0 Å². The number of ketones is 2. The summed E-state index contributed by atoms with van der Waals surface area (Å²) in [5.74, 6) is 0.153. The number of halogens is 4. The molecule has 0 amide bonds. The van der Waals surface area contributed by atoms with Crippen LogP contribution in [0.3, 0.4) is 0 Å². The van der Waals surface area contributed by atoms with Crippen LogP contribution < -0.4 is 0 Å². The Hall–Kier alpha value is -1.66. The second-order valence-corrected chi connectivity index (χ2v) is 9.76. The van der Waals surface area contributed by atoms with E-state index in [1.807, 2.05) is 12.1 Å². The van der Waals surface area contributed by atoms with Crippen LogP contribution in [0.2, 0.25) is 20.1 Å². The Balaban J connectivity index is 1.33. The van der Waals surface area contributed by atoms with Gasteiger partial charge in [0.1, 0.15) is 0 Å². The summed E-state index contributed by atoms with van der Waals surface area (Å²) in [6.07, 6.45) is 7.64. The first-order valence-corrected chi connectivity index (χ1v) is 12.6. The molecular weight excluding hydrogens is 514 g/mol. The number of hydrogen-bond donors (Lipinski definition) is 0. The highest BCUT2D eigenvalue weighted by Crippen LogP contribution is 2.24. The summed E-state index contributed by atoms with van der Waals surface area (Å²) < 4.78 is 0. The molecule has 34 heavy (non-hydrogen) atoms. The van der Waals surface area contributed by atoms with Crippen LogP contribution in [0, 0.1) is 0 Å². The van der Waals surface area contributed by atoms with Crippen molar-refractivity contribution in [2.75, 3.05) is 39.3 Å². The molecule has 8 heteroatoms. The van der Waals surface area contributed by atoms with E-state index in [-0.39, 0.29) is 11.6 Å². The Morgan fingerprint density at radius 1 is 0.647 bits per heavy atom. The van der Waals surface area contributed by atoms with E-state index in [0.717, 1.165) is 50.4 Å². The summed E-state index contributed by atoms with van der Waals surface area (Å²) in [4.78, 5) is 29.0. The largest absolute Gasteiger partial charge is 0.300 e.